The molecular formula is C15H10N2O2S. The molecule has 0 radical (unpaired) electrons. The van der Waals surface area contributed by atoms with Crippen molar-refractivity contribution in [1.82, 2.24) is 9.97 Å². The fraction of sp³-hybridized carbons (Fsp3) is 0. The van der Waals surface area contributed by atoms with Crippen LogP contribution in [0.2, 0.25) is 0 Å². The van der Waals surface area contributed by atoms with E-state index in [2.05, 4.69) is 9.97 Å². The van der Waals surface area contributed by atoms with Gasteiger partial charge in [-0.15, -0.1) is 11.3 Å². The molecule has 0 saturated carbocycles. The topological polar surface area (TPSA) is 52.1 Å². The number of thiophene rings is 1. The van der Waals surface area contributed by atoms with E-state index in [1.54, 1.807) is 36.8 Å². The average Bonchev–Trinajstić information content (AvgIpc) is 2.99. The summed E-state index contributed by atoms with van der Waals surface area (Å²) in [5, 5.41) is 0. The van der Waals surface area contributed by atoms with Crippen LogP contribution in [0, 0.1) is 0 Å². The highest BCUT2D eigenvalue weighted by Gasteiger charge is 2.12. The van der Waals surface area contributed by atoms with Crippen LogP contribution in [0.5, 0.6) is 5.75 Å². The van der Waals surface area contributed by atoms with Gasteiger partial charge in [-0.05, 0) is 30.3 Å². The molecule has 0 atom stereocenters. The lowest BCUT2D eigenvalue weighted by molar-refractivity contribution is 0.0739. The molecule has 3 rings (SSSR count). The van der Waals surface area contributed by atoms with Gasteiger partial charge in [-0.3, -0.25) is 9.97 Å². The lowest BCUT2D eigenvalue weighted by Crippen LogP contribution is -2.06. The molecule has 0 spiro atoms. The number of carbonyl (C=O) groups is 1. The van der Waals surface area contributed by atoms with E-state index in [0.717, 1.165) is 10.4 Å². The monoisotopic (exact) mass is 282 g/mol. The lowest BCUT2D eigenvalue weighted by Gasteiger charge is -2.00. The van der Waals surface area contributed by atoms with Gasteiger partial charge in [0.15, 0.2) is 0 Å². The van der Waals surface area contributed by atoms with Crippen molar-refractivity contribution in [1.29, 1.82) is 0 Å². The van der Waals surface area contributed by atoms with E-state index in [9.17, 15) is 4.79 Å². The van der Waals surface area contributed by atoms with Gasteiger partial charge in [-0.1, -0.05) is 6.07 Å². The van der Waals surface area contributed by atoms with Gasteiger partial charge in [0.2, 0.25) is 0 Å². The Bertz CT molecular complexity index is 711. The summed E-state index contributed by atoms with van der Waals surface area (Å²) in [5.41, 5.74) is 0.984. The lowest BCUT2D eigenvalue weighted by atomic mass is 10.2. The fourth-order valence-electron chi connectivity index (χ4n) is 1.68. The number of aromatic nitrogens is 2. The average molecular weight is 282 g/mol. The summed E-state index contributed by atoms with van der Waals surface area (Å²) in [6.45, 7) is 0. The van der Waals surface area contributed by atoms with Crippen LogP contribution in [0.4, 0.5) is 0 Å². The number of nitrogens with zero attached hydrogens (tertiary/aromatic N) is 2. The standard InChI is InChI=1S/C15H10N2O2S/c18-15(19-12-4-2-8-17-10-12)14-6-5-13(20-14)11-3-1-7-16-9-11/h1-10H. The molecular weight excluding hydrogens is 272 g/mol. The van der Waals surface area contributed by atoms with Gasteiger partial charge in [0.05, 0.1) is 6.20 Å². The molecule has 0 saturated heterocycles. The van der Waals surface area contributed by atoms with Gasteiger partial charge in [0.25, 0.3) is 0 Å². The molecule has 0 amide bonds. The molecule has 0 N–H and O–H groups in total. The van der Waals surface area contributed by atoms with Crippen LogP contribution in [0.15, 0.2) is 61.2 Å². The molecule has 0 bridgehead atoms. The first kappa shape index (κ1) is 12.5. The third kappa shape index (κ3) is 2.73. The zero-order chi connectivity index (χ0) is 13.8. The SMILES string of the molecule is O=C(Oc1cccnc1)c1ccc(-c2cccnc2)s1. The van der Waals surface area contributed by atoms with E-state index in [-0.39, 0.29) is 5.97 Å². The Morgan fingerprint density at radius 1 is 1.00 bits per heavy atom. The number of carbonyl (C=O) groups excluding carboxylic acids is 1. The van der Waals surface area contributed by atoms with Gasteiger partial charge in [0.1, 0.15) is 10.6 Å². The van der Waals surface area contributed by atoms with Crippen molar-refractivity contribution in [2.45, 2.75) is 0 Å². The summed E-state index contributed by atoms with van der Waals surface area (Å²) in [5.74, 6) is 0.0620. The zero-order valence-corrected chi connectivity index (χ0v) is 11.2. The van der Waals surface area contributed by atoms with Crippen molar-refractivity contribution in [3.05, 3.63) is 66.1 Å². The molecule has 0 aromatic carbocycles. The molecule has 98 valence electrons. The minimum atomic E-state index is -0.377. The molecule has 20 heavy (non-hydrogen) atoms. The van der Waals surface area contributed by atoms with Crippen molar-refractivity contribution < 1.29 is 9.53 Å². The number of pyridine rings is 2. The third-order valence-electron chi connectivity index (χ3n) is 2.60. The Kier molecular flexibility index (Phi) is 3.52. The first-order chi connectivity index (χ1) is 9.83. The first-order valence-corrected chi connectivity index (χ1v) is 6.77. The predicted octanol–water partition coefficient (Wildman–Crippen LogP) is 3.42. The molecule has 0 fully saturated rings. The second-order valence-corrected chi connectivity index (χ2v) is 5.07. The van der Waals surface area contributed by atoms with Crippen LogP contribution in [-0.4, -0.2) is 15.9 Å². The number of hydrogen-bond acceptors (Lipinski definition) is 5. The molecule has 0 unspecified atom stereocenters. The fourth-order valence-corrected chi connectivity index (χ4v) is 2.55. The van der Waals surface area contributed by atoms with Crippen molar-refractivity contribution in [2.75, 3.05) is 0 Å². The largest absolute Gasteiger partial charge is 0.421 e. The van der Waals surface area contributed by atoms with Crippen LogP contribution >= 0.6 is 11.3 Å². The van der Waals surface area contributed by atoms with Crippen LogP contribution in [0.25, 0.3) is 10.4 Å². The number of hydrogen-bond donors (Lipinski definition) is 0. The number of rotatable bonds is 3. The maximum Gasteiger partial charge on any atom is 0.353 e. The quantitative estimate of drug-likeness (QED) is 0.691. The van der Waals surface area contributed by atoms with Gasteiger partial charge < -0.3 is 4.74 Å². The second kappa shape index (κ2) is 5.63. The number of ether oxygens (including phenoxy) is 1. The predicted molar refractivity (Wildman–Crippen MR) is 76.7 cm³/mol. The smallest absolute Gasteiger partial charge is 0.353 e. The van der Waals surface area contributed by atoms with Gasteiger partial charge in [0, 0.05) is 29.0 Å². The summed E-state index contributed by atoms with van der Waals surface area (Å²) < 4.78 is 5.24. The molecule has 3 aromatic rings. The summed E-state index contributed by atoms with van der Waals surface area (Å²) in [6, 6.07) is 10.9. The summed E-state index contributed by atoms with van der Waals surface area (Å²) in [7, 11) is 0. The van der Waals surface area contributed by atoms with E-state index in [0.29, 0.717) is 10.6 Å². The first-order valence-electron chi connectivity index (χ1n) is 5.95. The van der Waals surface area contributed by atoms with Crippen LogP contribution in [0.1, 0.15) is 9.67 Å². The van der Waals surface area contributed by atoms with Crippen LogP contribution in [-0.2, 0) is 0 Å². The highest BCUT2D eigenvalue weighted by atomic mass is 32.1. The molecule has 0 aliphatic rings. The van der Waals surface area contributed by atoms with E-state index < -0.39 is 0 Å². The Hall–Kier alpha value is -2.53. The molecule has 4 nitrogen and oxygen atoms in total. The Morgan fingerprint density at radius 2 is 1.80 bits per heavy atom. The summed E-state index contributed by atoms with van der Waals surface area (Å²) >= 11 is 1.38. The maximum absolute atomic E-state index is 12.0. The van der Waals surface area contributed by atoms with E-state index in [1.807, 2.05) is 18.2 Å². The highest BCUT2D eigenvalue weighted by Crippen LogP contribution is 2.28. The molecule has 0 aliphatic heterocycles. The summed E-state index contributed by atoms with van der Waals surface area (Å²) in [6.07, 6.45) is 6.62. The van der Waals surface area contributed by atoms with Gasteiger partial charge >= 0.3 is 5.97 Å². The minimum absolute atomic E-state index is 0.377. The third-order valence-corrected chi connectivity index (χ3v) is 3.71. The van der Waals surface area contributed by atoms with Crippen LogP contribution < -0.4 is 4.74 Å². The van der Waals surface area contributed by atoms with E-state index in [1.165, 1.54) is 17.5 Å². The highest BCUT2D eigenvalue weighted by molar-refractivity contribution is 7.17. The molecule has 3 aromatic heterocycles. The summed E-state index contributed by atoms with van der Waals surface area (Å²) in [4.78, 5) is 21.5. The van der Waals surface area contributed by atoms with E-state index >= 15 is 0 Å². The number of esters is 1. The normalized spacial score (nSPS) is 10.2. The van der Waals surface area contributed by atoms with Crippen molar-refractivity contribution in [2.24, 2.45) is 0 Å². The second-order valence-electron chi connectivity index (χ2n) is 3.98. The zero-order valence-electron chi connectivity index (χ0n) is 10.4. The minimum Gasteiger partial charge on any atom is -0.421 e. The molecule has 3 heterocycles. The van der Waals surface area contributed by atoms with Crippen molar-refractivity contribution in [3.63, 3.8) is 0 Å². The molecule has 0 aliphatic carbocycles. The van der Waals surface area contributed by atoms with Gasteiger partial charge in [-0.2, -0.15) is 0 Å². The Labute approximate surface area is 119 Å². The van der Waals surface area contributed by atoms with Gasteiger partial charge in [-0.25, -0.2) is 4.79 Å². The Balaban J connectivity index is 1.79. The van der Waals surface area contributed by atoms with E-state index in [4.69, 9.17) is 4.74 Å². The Morgan fingerprint density at radius 3 is 2.50 bits per heavy atom. The van der Waals surface area contributed by atoms with Crippen LogP contribution in [0.3, 0.4) is 0 Å². The van der Waals surface area contributed by atoms with Crippen molar-refractivity contribution in [3.8, 4) is 16.2 Å². The molecule has 5 heteroatoms. The maximum atomic E-state index is 12.0. The van der Waals surface area contributed by atoms with Crippen molar-refractivity contribution >= 4 is 17.3 Å².